The molecule has 0 saturated carbocycles. The number of nitrogens with two attached hydrogens (primary N) is 1. The van der Waals surface area contributed by atoms with Crippen LogP contribution in [0.4, 0.5) is 0 Å². The highest BCUT2D eigenvalue weighted by molar-refractivity contribution is 5.99. The van der Waals surface area contributed by atoms with Gasteiger partial charge >= 0.3 is 0 Å². The molecule has 0 saturated heterocycles. The summed E-state index contributed by atoms with van der Waals surface area (Å²) in [5.41, 5.74) is 8.26. The van der Waals surface area contributed by atoms with Crippen LogP contribution in [0.2, 0.25) is 0 Å². The first-order chi connectivity index (χ1) is 7.75. The summed E-state index contributed by atoms with van der Waals surface area (Å²) in [7, 11) is 0. The van der Waals surface area contributed by atoms with Crippen LogP contribution in [0.5, 0.6) is 0 Å². The smallest absolute Gasteiger partial charge is 0.135 e. The Morgan fingerprint density at radius 3 is 3.06 bits per heavy atom. The Morgan fingerprint density at radius 2 is 2.25 bits per heavy atom. The first-order valence-corrected chi connectivity index (χ1v) is 5.32. The van der Waals surface area contributed by atoms with E-state index in [-0.39, 0.29) is 5.84 Å². The molecule has 3 rings (SSSR count). The van der Waals surface area contributed by atoms with E-state index in [0.717, 1.165) is 29.6 Å². The number of nitrogens with one attached hydrogen (secondary N) is 1. The lowest BCUT2D eigenvalue weighted by molar-refractivity contribution is 0.595. The number of fused-ring (bicyclic) bond motifs is 3. The van der Waals surface area contributed by atoms with Crippen molar-refractivity contribution in [3.63, 3.8) is 0 Å². The maximum Gasteiger partial charge on any atom is 0.135 e. The first kappa shape index (κ1) is 9.21. The standard InChI is InChI=1S/C13H12N2O/c14-13(15)8-5-6-10-9-3-1-2-4-11(9)16-12(10)7-8/h2,4-7H,1,3H2,(H3,14,15). The van der Waals surface area contributed by atoms with Crippen molar-refractivity contribution < 1.29 is 4.42 Å². The predicted molar refractivity (Wildman–Crippen MR) is 64.6 cm³/mol. The number of hydrogen-bond acceptors (Lipinski definition) is 2. The fourth-order valence-electron chi connectivity index (χ4n) is 2.15. The monoisotopic (exact) mass is 212 g/mol. The zero-order valence-corrected chi connectivity index (χ0v) is 8.79. The van der Waals surface area contributed by atoms with Crippen molar-refractivity contribution in [3.05, 3.63) is 41.2 Å². The molecule has 1 heterocycles. The van der Waals surface area contributed by atoms with Crippen LogP contribution in [-0.2, 0) is 6.42 Å². The third-order valence-corrected chi connectivity index (χ3v) is 2.97. The van der Waals surface area contributed by atoms with Gasteiger partial charge in [0.15, 0.2) is 0 Å². The lowest BCUT2D eigenvalue weighted by Gasteiger charge is -2.02. The Morgan fingerprint density at radius 1 is 1.38 bits per heavy atom. The minimum absolute atomic E-state index is 0.0758. The molecule has 0 atom stereocenters. The number of amidine groups is 1. The summed E-state index contributed by atoms with van der Waals surface area (Å²) in [5.74, 6) is 1.02. The van der Waals surface area contributed by atoms with E-state index in [2.05, 4.69) is 6.08 Å². The normalized spacial score (nSPS) is 14.0. The quantitative estimate of drug-likeness (QED) is 0.564. The highest BCUT2D eigenvalue weighted by Gasteiger charge is 2.14. The molecule has 2 aromatic rings. The number of hydrogen-bond donors (Lipinski definition) is 2. The van der Waals surface area contributed by atoms with Crippen molar-refractivity contribution in [2.75, 3.05) is 0 Å². The van der Waals surface area contributed by atoms with Crippen LogP contribution >= 0.6 is 0 Å². The van der Waals surface area contributed by atoms with Crippen molar-refractivity contribution >= 4 is 22.9 Å². The third kappa shape index (κ3) is 1.25. The van der Waals surface area contributed by atoms with Crippen molar-refractivity contribution in [2.45, 2.75) is 12.8 Å². The maximum atomic E-state index is 7.40. The average Bonchev–Trinajstić information content (AvgIpc) is 2.66. The van der Waals surface area contributed by atoms with E-state index >= 15 is 0 Å². The SMILES string of the molecule is N=C(N)c1ccc2c3c(oc2c1)C=CCC3. The fourth-order valence-corrected chi connectivity index (χ4v) is 2.15. The van der Waals surface area contributed by atoms with Gasteiger partial charge < -0.3 is 10.2 Å². The van der Waals surface area contributed by atoms with Crippen LogP contribution in [0.25, 0.3) is 17.0 Å². The van der Waals surface area contributed by atoms with E-state index in [1.165, 1.54) is 5.56 Å². The molecule has 16 heavy (non-hydrogen) atoms. The van der Waals surface area contributed by atoms with Gasteiger partial charge in [0.1, 0.15) is 17.2 Å². The molecular formula is C13H12N2O. The van der Waals surface area contributed by atoms with Crippen LogP contribution in [-0.4, -0.2) is 5.84 Å². The Balaban J connectivity index is 2.27. The van der Waals surface area contributed by atoms with Crippen molar-refractivity contribution in [2.24, 2.45) is 5.73 Å². The Hall–Kier alpha value is -2.03. The average molecular weight is 212 g/mol. The molecule has 1 aliphatic rings. The van der Waals surface area contributed by atoms with Crippen LogP contribution in [0.3, 0.4) is 0 Å². The minimum Gasteiger partial charge on any atom is -0.456 e. The highest BCUT2D eigenvalue weighted by atomic mass is 16.3. The van der Waals surface area contributed by atoms with Crippen LogP contribution in [0.15, 0.2) is 28.7 Å². The van der Waals surface area contributed by atoms with E-state index in [9.17, 15) is 0 Å². The number of furan rings is 1. The third-order valence-electron chi connectivity index (χ3n) is 2.97. The zero-order valence-electron chi connectivity index (χ0n) is 8.79. The topological polar surface area (TPSA) is 63.0 Å². The summed E-state index contributed by atoms with van der Waals surface area (Å²) < 4.78 is 5.74. The summed E-state index contributed by atoms with van der Waals surface area (Å²) in [6.45, 7) is 0. The first-order valence-electron chi connectivity index (χ1n) is 5.32. The second-order valence-corrected chi connectivity index (χ2v) is 4.01. The van der Waals surface area contributed by atoms with Gasteiger partial charge in [-0.05, 0) is 25.0 Å². The molecule has 0 aliphatic heterocycles. The molecular weight excluding hydrogens is 200 g/mol. The van der Waals surface area contributed by atoms with E-state index in [4.69, 9.17) is 15.6 Å². The summed E-state index contributed by atoms with van der Waals surface area (Å²) in [6.07, 6.45) is 6.23. The zero-order chi connectivity index (χ0) is 11.1. The molecule has 0 radical (unpaired) electrons. The van der Waals surface area contributed by atoms with Gasteiger partial charge in [-0.1, -0.05) is 18.2 Å². The number of allylic oxidation sites excluding steroid dienone is 1. The summed E-state index contributed by atoms with van der Waals surface area (Å²) in [6, 6.07) is 5.70. The van der Waals surface area contributed by atoms with Gasteiger partial charge in [-0.3, -0.25) is 5.41 Å². The fraction of sp³-hybridized carbons (Fsp3) is 0.154. The molecule has 3 N–H and O–H groups in total. The lowest BCUT2D eigenvalue weighted by Crippen LogP contribution is -2.10. The van der Waals surface area contributed by atoms with Gasteiger partial charge in [0.2, 0.25) is 0 Å². The number of rotatable bonds is 1. The predicted octanol–water partition coefficient (Wildman–Crippen LogP) is 2.68. The Labute approximate surface area is 93.1 Å². The molecule has 1 aliphatic carbocycles. The van der Waals surface area contributed by atoms with E-state index in [1.54, 1.807) is 0 Å². The number of aryl methyl sites for hydroxylation is 1. The molecule has 0 bridgehead atoms. The van der Waals surface area contributed by atoms with Gasteiger partial charge in [-0.25, -0.2) is 0 Å². The molecule has 0 amide bonds. The van der Waals surface area contributed by atoms with Crippen molar-refractivity contribution in [1.29, 1.82) is 5.41 Å². The van der Waals surface area contributed by atoms with Crippen LogP contribution < -0.4 is 5.73 Å². The van der Waals surface area contributed by atoms with Crippen molar-refractivity contribution in [3.8, 4) is 0 Å². The van der Waals surface area contributed by atoms with Gasteiger partial charge in [-0.2, -0.15) is 0 Å². The van der Waals surface area contributed by atoms with Gasteiger partial charge in [0.05, 0.1) is 0 Å². The summed E-state index contributed by atoms with van der Waals surface area (Å²) >= 11 is 0. The van der Waals surface area contributed by atoms with Gasteiger partial charge in [0, 0.05) is 16.5 Å². The molecule has 3 heteroatoms. The molecule has 0 unspecified atom stereocenters. The van der Waals surface area contributed by atoms with E-state index in [0.29, 0.717) is 5.56 Å². The second-order valence-electron chi connectivity index (χ2n) is 4.01. The molecule has 80 valence electrons. The molecule has 3 nitrogen and oxygen atoms in total. The van der Waals surface area contributed by atoms with E-state index < -0.39 is 0 Å². The lowest BCUT2D eigenvalue weighted by atomic mass is 10.0. The molecule has 0 fully saturated rings. The van der Waals surface area contributed by atoms with Crippen LogP contribution in [0, 0.1) is 5.41 Å². The minimum atomic E-state index is 0.0758. The number of benzene rings is 1. The highest BCUT2D eigenvalue weighted by Crippen LogP contribution is 2.31. The molecule has 1 aromatic heterocycles. The summed E-state index contributed by atoms with van der Waals surface area (Å²) in [4.78, 5) is 0. The number of nitrogen functional groups attached to an aromatic ring is 1. The Bertz CT molecular complexity index is 608. The maximum absolute atomic E-state index is 7.40. The second kappa shape index (κ2) is 3.23. The summed E-state index contributed by atoms with van der Waals surface area (Å²) in [5, 5.41) is 8.54. The van der Waals surface area contributed by atoms with E-state index in [1.807, 2.05) is 24.3 Å². The van der Waals surface area contributed by atoms with Crippen molar-refractivity contribution in [1.82, 2.24) is 0 Å². The van der Waals surface area contributed by atoms with Gasteiger partial charge in [-0.15, -0.1) is 0 Å². The largest absolute Gasteiger partial charge is 0.456 e. The molecule has 1 aromatic carbocycles. The molecule has 0 spiro atoms. The Kier molecular flexibility index (Phi) is 1.86. The van der Waals surface area contributed by atoms with Gasteiger partial charge in [0.25, 0.3) is 0 Å². The van der Waals surface area contributed by atoms with Crippen LogP contribution in [0.1, 0.15) is 23.3 Å².